The van der Waals surface area contributed by atoms with Crippen molar-refractivity contribution in [2.75, 3.05) is 26.0 Å². The third-order valence-electron chi connectivity index (χ3n) is 6.43. The molecule has 3 aliphatic heterocycles. The van der Waals surface area contributed by atoms with Crippen LogP contribution in [0.4, 0.5) is 0 Å². The van der Waals surface area contributed by atoms with E-state index < -0.39 is 10.0 Å². The Hall–Kier alpha value is -1.78. The first kappa shape index (κ1) is 21.5. The zero-order valence-corrected chi connectivity index (χ0v) is 18.4. The van der Waals surface area contributed by atoms with Crippen LogP contribution in [0.2, 0.25) is 0 Å². The number of hydrogen-bond donors (Lipinski definition) is 1. The molecule has 1 amide bonds. The Morgan fingerprint density at radius 2 is 1.93 bits per heavy atom. The van der Waals surface area contributed by atoms with Gasteiger partial charge in [-0.3, -0.25) is 4.79 Å². The normalized spacial score (nSPS) is 30.3. The molecule has 2 fully saturated rings. The number of fused-ring (bicyclic) bond motifs is 5. The number of nitrogens with zero attached hydrogens (tertiary/aromatic N) is 3. The molecule has 5 rings (SSSR count). The molecule has 4 aliphatic rings. The molecule has 10 heteroatoms. The number of sulfonamides is 1. The van der Waals surface area contributed by atoms with Crippen LogP contribution >= 0.6 is 0 Å². The zero-order valence-electron chi connectivity index (χ0n) is 17.5. The van der Waals surface area contributed by atoms with E-state index in [4.69, 9.17) is 9.47 Å². The van der Waals surface area contributed by atoms with Gasteiger partial charge in [-0.2, -0.15) is 0 Å². The van der Waals surface area contributed by atoms with Crippen LogP contribution in [0.5, 0.6) is 5.88 Å². The van der Waals surface area contributed by atoms with E-state index in [0.29, 0.717) is 31.4 Å². The molecule has 2 atom stereocenters. The quantitative estimate of drug-likeness (QED) is 0.737. The molecule has 0 unspecified atom stereocenters. The minimum atomic E-state index is -3.40. The van der Waals surface area contributed by atoms with Crippen molar-refractivity contribution >= 4 is 15.9 Å². The Labute approximate surface area is 177 Å². The Bertz CT molecular complexity index is 885. The van der Waals surface area contributed by atoms with Crippen molar-refractivity contribution in [3.8, 4) is 5.88 Å². The lowest BCUT2D eigenvalue weighted by Gasteiger charge is -2.41. The number of piperidine rings is 1. The van der Waals surface area contributed by atoms with Gasteiger partial charge in [0.25, 0.3) is 5.91 Å². The minimum absolute atomic E-state index is 0.106. The van der Waals surface area contributed by atoms with E-state index in [1.54, 1.807) is 4.90 Å². The average molecular weight is 439 g/mol. The highest BCUT2D eigenvalue weighted by Crippen LogP contribution is 2.39. The molecule has 30 heavy (non-hydrogen) atoms. The monoisotopic (exact) mass is 438 g/mol. The second-order valence-electron chi connectivity index (χ2n) is 8.57. The summed E-state index contributed by atoms with van der Waals surface area (Å²) < 4.78 is 38.6. The summed E-state index contributed by atoms with van der Waals surface area (Å²) in [6, 6.07) is -0.717. The van der Waals surface area contributed by atoms with Crippen LogP contribution in [0, 0.1) is 6.92 Å². The Balaban J connectivity index is 1.63. The van der Waals surface area contributed by atoms with E-state index in [2.05, 4.69) is 14.7 Å². The number of amides is 1. The highest BCUT2D eigenvalue weighted by molar-refractivity contribution is 7.88. The molecule has 1 N–H and O–H groups in total. The van der Waals surface area contributed by atoms with Gasteiger partial charge in [-0.05, 0) is 51.4 Å². The first-order chi connectivity index (χ1) is 14.3. The molecule has 0 spiro atoms. The van der Waals surface area contributed by atoms with Crippen LogP contribution in [0.25, 0.3) is 0 Å². The van der Waals surface area contributed by atoms with Crippen LogP contribution in [-0.2, 0) is 19.6 Å². The van der Waals surface area contributed by atoms with Gasteiger partial charge in [0.1, 0.15) is 6.33 Å². The van der Waals surface area contributed by atoms with E-state index in [-0.39, 0.29) is 30.7 Å². The van der Waals surface area contributed by atoms with Crippen molar-refractivity contribution in [2.24, 2.45) is 0 Å². The number of nitrogens with one attached hydrogen (secondary N) is 1. The largest absolute Gasteiger partial charge is 0.467 e. The fourth-order valence-electron chi connectivity index (χ4n) is 5.00. The predicted octanol–water partition coefficient (Wildman–Crippen LogP) is 1.13. The highest BCUT2D eigenvalue weighted by atomic mass is 32.2. The number of rotatable bonds is 2. The van der Waals surface area contributed by atoms with Gasteiger partial charge in [-0.1, -0.05) is 0 Å². The molecule has 1 aromatic heterocycles. The van der Waals surface area contributed by atoms with Crippen LogP contribution in [0.15, 0.2) is 6.33 Å². The summed E-state index contributed by atoms with van der Waals surface area (Å²) >= 11 is 0. The number of carbonyl (C=O) groups excluding carboxylic acids is 1. The van der Waals surface area contributed by atoms with E-state index in [9.17, 15) is 13.2 Å². The maximum atomic E-state index is 13.1. The molecule has 1 saturated carbocycles. The number of hydrogen-bond acceptors (Lipinski definition) is 7. The first-order valence-electron chi connectivity index (χ1n) is 10.6. The van der Waals surface area contributed by atoms with Gasteiger partial charge in [-0.25, -0.2) is 23.1 Å². The summed E-state index contributed by atoms with van der Waals surface area (Å²) in [6.45, 7) is 2.69. The summed E-state index contributed by atoms with van der Waals surface area (Å²) in [5.74, 6) is 0.593. The smallest absolute Gasteiger partial charge is 0.260 e. The van der Waals surface area contributed by atoms with Crippen LogP contribution in [-0.4, -0.2) is 73.4 Å². The highest BCUT2D eigenvalue weighted by Gasteiger charge is 2.38. The van der Waals surface area contributed by atoms with Gasteiger partial charge >= 0.3 is 0 Å². The molecular weight excluding hydrogens is 408 g/mol. The topological polar surface area (TPSA) is 111 Å². The van der Waals surface area contributed by atoms with Crippen molar-refractivity contribution in [1.82, 2.24) is 19.6 Å². The third-order valence-corrected chi connectivity index (χ3v) is 7.16. The zero-order chi connectivity index (χ0) is 21.3. The van der Waals surface area contributed by atoms with E-state index >= 15 is 0 Å². The molecule has 0 radical (unpaired) electrons. The average Bonchev–Trinajstić information content (AvgIpc) is 2.71. The molecule has 9 nitrogen and oxygen atoms in total. The fourth-order valence-corrected chi connectivity index (χ4v) is 5.82. The summed E-state index contributed by atoms with van der Waals surface area (Å²) in [6.07, 6.45) is 7.83. The predicted molar refractivity (Wildman–Crippen MR) is 110 cm³/mol. The SMILES string of the molecule is Cc1ncnc2c1C1CCC(CC1)OC[C@H]1[C@@H](NS(C)(=O)=O)CCCN1C(=O)CO2. The molecule has 1 aromatic rings. The van der Waals surface area contributed by atoms with Gasteiger partial charge in [0.05, 0.1) is 25.0 Å². The molecule has 1 aliphatic carbocycles. The summed E-state index contributed by atoms with van der Waals surface area (Å²) in [5.41, 5.74) is 1.88. The lowest BCUT2D eigenvalue weighted by molar-refractivity contribution is -0.140. The second-order valence-corrected chi connectivity index (χ2v) is 10.3. The first-order valence-corrected chi connectivity index (χ1v) is 12.5. The Morgan fingerprint density at radius 3 is 2.67 bits per heavy atom. The van der Waals surface area contributed by atoms with Crippen molar-refractivity contribution in [3.63, 3.8) is 0 Å². The number of carbonyl (C=O) groups is 1. The van der Waals surface area contributed by atoms with E-state index in [1.807, 2.05) is 6.92 Å². The number of aromatic nitrogens is 2. The van der Waals surface area contributed by atoms with Crippen LogP contribution in [0.3, 0.4) is 0 Å². The van der Waals surface area contributed by atoms with E-state index in [0.717, 1.165) is 49.6 Å². The van der Waals surface area contributed by atoms with Crippen molar-refractivity contribution in [3.05, 3.63) is 17.6 Å². The summed E-state index contributed by atoms with van der Waals surface area (Å²) in [5, 5.41) is 0. The second kappa shape index (κ2) is 8.76. The van der Waals surface area contributed by atoms with Crippen LogP contribution in [0.1, 0.15) is 55.7 Å². The molecule has 2 bridgehead atoms. The van der Waals surface area contributed by atoms with Crippen molar-refractivity contribution in [2.45, 2.75) is 69.6 Å². The molecule has 4 heterocycles. The lowest BCUT2D eigenvalue weighted by Crippen LogP contribution is -2.59. The van der Waals surface area contributed by atoms with E-state index in [1.165, 1.54) is 6.33 Å². The molecule has 1 saturated heterocycles. The van der Waals surface area contributed by atoms with Crippen LogP contribution < -0.4 is 9.46 Å². The Morgan fingerprint density at radius 1 is 1.17 bits per heavy atom. The standard InChI is InChI=1S/C20H30N4O5S/c1-13-19-14-5-7-15(8-6-14)28-10-17-16(23-30(2,26)27)4-3-9-24(17)18(25)11-29-20(19)22-12-21-13/h12,14-17,23H,3-11H2,1-2H3/t14?,15?,16-,17-/m0/s1. The van der Waals surface area contributed by atoms with Gasteiger partial charge in [0.2, 0.25) is 15.9 Å². The number of aryl methyl sites for hydroxylation is 1. The van der Waals surface area contributed by atoms with Crippen molar-refractivity contribution < 1.29 is 22.7 Å². The Kier molecular flexibility index (Phi) is 6.26. The third kappa shape index (κ3) is 4.76. The fraction of sp³-hybridized carbons (Fsp3) is 0.750. The maximum Gasteiger partial charge on any atom is 0.260 e. The van der Waals surface area contributed by atoms with Gasteiger partial charge in [0, 0.05) is 23.8 Å². The van der Waals surface area contributed by atoms with Gasteiger partial charge in [0.15, 0.2) is 6.61 Å². The molecule has 0 aromatic carbocycles. The van der Waals surface area contributed by atoms with Crippen molar-refractivity contribution in [1.29, 1.82) is 0 Å². The number of ether oxygens (including phenoxy) is 2. The minimum Gasteiger partial charge on any atom is -0.467 e. The van der Waals surface area contributed by atoms with Gasteiger partial charge in [-0.15, -0.1) is 0 Å². The maximum absolute atomic E-state index is 13.1. The van der Waals surface area contributed by atoms with Gasteiger partial charge < -0.3 is 14.4 Å². The molecular formula is C20H30N4O5S. The molecule has 166 valence electrons. The lowest BCUT2D eigenvalue weighted by atomic mass is 9.82. The summed E-state index contributed by atoms with van der Waals surface area (Å²) in [7, 11) is -3.40. The summed E-state index contributed by atoms with van der Waals surface area (Å²) in [4.78, 5) is 23.4.